The number of amides is 1. The molecule has 10 heteroatoms. The Hall–Kier alpha value is -1.97. The maximum absolute atomic E-state index is 12.6. The fourth-order valence-corrected chi connectivity index (χ4v) is 2.33. The van der Waals surface area contributed by atoms with Crippen LogP contribution in [0.2, 0.25) is 0 Å². The Morgan fingerprint density at radius 1 is 1.33 bits per heavy atom. The van der Waals surface area contributed by atoms with Gasteiger partial charge in [-0.25, -0.2) is 4.79 Å². The van der Waals surface area contributed by atoms with E-state index in [-0.39, 0.29) is 34.5 Å². The van der Waals surface area contributed by atoms with Gasteiger partial charge < -0.3 is 9.64 Å². The molecule has 0 fully saturated rings. The maximum atomic E-state index is 12.6. The van der Waals surface area contributed by atoms with Gasteiger partial charge in [-0.05, 0) is 44.2 Å². The molecule has 0 spiro atoms. The highest BCUT2D eigenvalue weighted by atomic mass is 32.2. The van der Waals surface area contributed by atoms with Gasteiger partial charge in [-0.3, -0.25) is 10.1 Å². The summed E-state index contributed by atoms with van der Waals surface area (Å²) in [7, 11) is 1.34. The van der Waals surface area contributed by atoms with Crippen molar-refractivity contribution in [1.29, 1.82) is 0 Å². The molecule has 1 aromatic carbocycles. The van der Waals surface area contributed by atoms with E-state index in [9.17, 15) is 28.1 Å². The summed E-state index contributed by atoms with van der Waals surface area (Å²) in [5.41, 5.74) is -5.65. The predicted octanol–water partition coefficient (Wildman–Crippen LogP) is 4.57. The molecule has 0 unspecified atom stereocenters. The number of alkyl halides is 3. The third-order valence-electron chi connectivity index (χ3n) is 2.59. The van der Waals surface area contributed by atoms with Crippen molar-refractivity contribution in [3.63, 3.8) is 0 Å². The highest BCUT2D eigenvalue weighted by Gasteiger charge is 2.31. The Bertz CT molecular complexity index is 629. The van der Waals surface area contributed by atoms with Gasteiger partial charge in [-0.15, -0.1) is 0 Å². The van der Waals surface area contributed by atoms with Crippen molar-refractivity contribution >= 4 is 23.5 Å². The number of hydrogen-bond donors (Lipinski definition) is 0. The van der Waals surface area contributed by atoms with Crippen LogP contribution in [-0.2, 0) is 11.3 Å². The molecular formula is C14H17F3N2O4S. The number of nitro groups is 1. The van der Waals surface area contributed by atoms with Crippen LogP contribution >= 0.6 is 11.8 Å². The molecule has 0 heterocycles. The number of ether oxygens (including phenoxy) is 1. The van der Waals surface area contributed by atoms with Gasteiger partial charge in [0.05, 0.1) is 11.5 Å². The number of carbonyl (C=O) groups excluding carboxylic acids is 1. The third kappa shape index (κ3) is 6.65. The van der Waals surface area contributed by atoms with Crippen LogP contribution in [0.15, 0.2) is 23.1 Å². The van der Waals surface area contributed by atoms with Crippen LogP contribution < -0.4 is 0 Å². The summed E-state index contributed by atoms with van der Waals surface area (Å²) in [5, 5.41) is 10.8. The zero-order valence-corrected chi connectivity index (χ0v) is 14.3. The summed E-state index contributed by atoms with van der Waals surface area (Å²) in [6, 6.07) is 3.04. The molecule has 0 radical (unpaired) electrons. The van der Waals surface area contributed by atoms with E-state index in [4.69, 9.17) is 4.74 Å². The van der Waals surface area contributed by atoms with Gasteiger partial charge in [0.1, 0.15) is 5.60 Å². The van der Waals surface area contributed by atoms with Gasteiger partial charge in [0.25, 0.3) is 5.69 Å². The van der Waals surface area contributed by atoms with Gasteiger partial charge in [0.2, 0.25) is 0 Å². The van der Waals surface area contributed by atoms with Crippen molar-refractivity contribution in [2.24, 2.45) is 0 Å². The van der Waals surface area contributed by atoms with E-state index >= 15 is 0 Å². The first-order valence-corrected chi connectivity index (χ1v) is 7.57. The lowest BCUT2D eigenvalue weighted by Gasteiger charge is -2.25. The van der Waals surface area contributed by atoms with Crippen LogP contribution in [0.4, 0.5) is 23.7 Å². The molecule has 0 aliphatic heterocycles. The molecule has 0 saturated carbocycles. The lowest BCUT2D eigenvalue weighted by molar-refractivity contribution is -0.385. The molecule has 0 saturated heterocycles. The Morgan fingerprint density at radius 2 is 1.92 bits per heavy atom. The molecule has 1 aromatic rings. The summed E-state index contributed by atoms with van der Waals surface area (Å²) in [4.78, 5) is 22.9. The second-order valence-corrected chi connectivity index (χ2v) is 7.04. The quantitative estimate of drug-likeness (QED) is 0.443. The largest absolute Gasteiger partial charge is 0.446 e. The molecule has 0 atom stereocenters. The Labute approximate surface area is 141 Å². The number of non-ortho nitro benzene ring substituents is 1. The first kappa shape index (κ1) is 20.1. The molecule has 0 aromatic heterocycles. The molecule has 1 rings (SSSR count). The Balaban J connectivity index is 3.07. The minimum absolute atomic E-state index is 0.0138. The van der Waals surface area contributed by atoms with Crippen molar-refractivity contribution in [1.82, 2.24) is 4.90 Å². The van der Waals surface area contributed by atoms with Gasteiger partial charge in [-0.2, -0.15) is 13.2 Å². The highest BCUT2D eigenvalue weighted by molar-refractivity contribution is 8.00. The van der Waals surface area contributed by atoms with Crippen molar-refractivity contribution in [3.05, 3.63) is 33.9 Å². The number of rotatable bonds is 4. The smallest absolute Gasteiger partial charge is 0.444 e. The zero-order chi connectivity index (χ0) is 18.7. The molecular weight excluding hydrogens is 349 g/mol. The average Bonchev–Trinajstić information content (AvgIpc) is 2.36. The maximum Gasteiger partial charge on any atom is 0.446 e. The molecule has 0 aliphatic rings. The van der Waals surface area contributed by atoms with Crippen LogP contribution in [0.5, 0.6) is 0 Å². The highest BCUT2D eigenvalue weighted by Crippen LogP contribution is 2.39. The SMILES string of the molecule is CN(Cc1cc([N+](=O)[O-])ccc1SC(F)(F)F)C(=O)OC(C)(C)C. The Morgan fingerprint density at radius 3 is 2.38 bits per heavy atom. The summed E-state index contributed by atoms with van der Waals surface area (Å²) in [6.07, 6.45) is -0.739. The normalized spacial score (nSPS) is 12.0. The predicted molar refractivity (Wildman–Crippen MR) is 82.7 cm³/mol. The number of thioether (sulfide) groups is 1. The van der Waals surface area contributed by atoms with Crippen LogP contribution in [-0.4, -0.2) is 34.1 Å². The Kier molecular flexibility index (Phi) is 6.09. The first-order valence-electron chi connectivity index (χ1n) is 6.75. The lowest BCUT2D eigenvalue weighted by atomic mass is 10.2. The molecule has 0 bridgehead atoms. The van der Waals surface area contributed by atoms with Gasteiger partial charge >= 0.3 is 11.6 Å². The van der Waals surface area contributed by atoms with Crippen LogP contribution in [0.1, 0.15) is 26.3 Å². The van der Waals surface area contributed by atoms with Crippen molar-refractivity contribution in [2.75, 3.05) is 7.05 Å². The van der Waals surface area contributed by atoms with Gasteiger partial charge in [-0.1, -0.05) is 0 Å². The summed E-state index contributed by atoms with van der Waals surface area (Å²) >= 11 is -0.387. The van der Waals surface area contributed by atoms with Crippen LogP contribution in [0.25, 0.3) is 0 Å². The van der Waals surface area contributed by atoms with E-state index in [1.807, 2.05) is 0 Å². The molecule has 0 aliphatic carbocycles. The third-order valence-corrected chi connectivity index (χ3v) is 3.44. The summed E-state index contributed by atoms with van der Waals surface area (Å²) < 4.78 is 43.0. The minimum Gasteiger partial charge on any atom is -0.444 e. The van der Waals surface area contributed by atoms with Gasteiger partial charge in [0, 0.05) is 24.1 Å². The van der Waals surface area contributed by atoms with E-state index in [0.29, 0.717) is 0 Å². The van der Waals surface area contributed by atoms with E-state index in [1.54, 1.807) is 20.8 Å². The number of benzene rings is 1. The number of nitro benzene ring substituents is 1. The molecule has 6 nitrogen and oxygen atoms in total. The monoisotopic (exact) mass is 366 g/mol. The number of carbonyl (C=O) groups is 1. The molecule has 0 N–H and O–H groups in total. The van der Waals surface area contributed by atoms with Crippen molar-refractivity contribution < 1.29 is 27.6 Å². The second kappa shape index (κ2) is 7.29. The number of halogens is 3. The first-order chi connectivity index (χ1) is 10.8. The topological polar surface area (TPSA) is 72.7 Å². The fourth-order valence-electron chi connectivity index (χ4n) is 1.69. The van der Waals surface area contributed by atoms with Crippen LogP contribution in [0, 0.1) is 10.1 Å². The zero-order valence-electron chi connectivity index (χ0n) is 13.5. The van der Waals surface area contributed by atoms with E-state index in [1.165, 1.54) is 7.05 Å². The van der Waals surface area contributed by atoms with E-state index < -0.39 is 22.1 Å². The minimum atomic E-state index is -4.55. The standard InChI is InChI=1S/C14H17F3N2O4S/c1-13(2,3)23-12(20)18(4)8-9-7-10(19(21)22)5-6-11(9)24-14(15,16)17/h5-7H,8H2,1-4H3. The fraction of sp³-hybridized carbons (Fsp3) is 0.500. The lowest BCUT2D eigenvalue weighted by Crippen LogP contribution is -2.34. The summed E-state index contributed by atoms with van der Waals surface area (Å²) in [6.45, 7) is 4.69. The van der Waals surface area contributed by atoms with Crippen molar-refractivity contribution in [2.45, 2.75) is 43.3 Å². The summed E-state index contributed by atoms with van der Waals surface area (Å²) in [5.74, 6) is 0. The van der Waals surface area contributed by atoms with Crippen molar-refractivity contribution in [3.8, 4) is 0 Å². The van der Waals surface area contributed by atoms with Crippen LogP contribution in [0.3, 0.4) is 0 Å². The molecule has 134 valence electrons. The molecule has 24 heavy (non-hydrogen) atoms. The molecule has 1 amide bonds. The van der Waals surface area contributed by atoms with Gasteiger partial charge in [0.15, 0.2) is 0 Å². The van der Waals surface area contributed by atoms with E-state index in [0.717, 1.165) is 23.1 Å². The van der Waals surface area contributed by atoms with E-state index in [2.05, 4.69) is 0 Å². The average molecular weight is 366 g/mol. The second-order valence-electron chi connectivity index (χ2n) is 5.93. The number of nitrogens with zero attached hydrogens (tertiary/aromatic N) is 2. The number of hydrogen-bond acceptors (Lipinski definition) is 5.